The van der Waals surface area contributed by atoms with E-state index in [1.807, 2.05) is 32.0 Å². The van der Waals surface area contributed by atoms with Gasteiger partial charge in [-0.2, -0.15) is 0 Å². The van der Waals surface area contributed by atoms with Crippen molar-refractivity contribution in [3.05, 3.63) is 64.1 Å². The van der Waals surface area contributed by atoms with E-state index in [0.717, 1.165) is 27.8 Å². The topological polar surface area (TPSA) is 86.7 Å². The molecule has 6 nitrogen and oxygen atoms in total. The standard InChI is InChI=1S/C20H18N2O4S/c1-12-6-13(2)8-15(7-12)21-18(24)11-22-19(25)17(27-20(22)26)10-14-4-3-5-16(23)9-14/h3-10,23H,11H2,1-2H3,(H,21,24)/b17-10+. The average Bonchev–Trinajstić information content (AvgIpc) is 2.81. The number of phenols is 1. The number of aromatic hydroxyl groups is 1. The zero-order valence-corrected chi connectivity index (χ0v) is 15.7. The molecule has 1 aliphatic heterocycles. The Balaban J connectivity index is 1.71. The van der Waals surface area contributed by atoms with Gasteiger partial charge in [0.25, 0.3) is 11.1 Å². The monoisotopic (exact) mass is 382 g/mol. The maximum absolute atomic E-state index is 12.5. The van der Waals surface area contributed by atoms with Crippen LogP contribution in [-0.2, 0) is 9.59 Å². The molecule has 1 aliphatic rings. The summed E-state index contributed by atoms with van der Waals surface area (Å²) >= 11 is 0.773. The number of aryl methyl sites for hydroxylation is 2. The van der Waals surface area contributed by atoms with Crippen molar-refractivity contribution in [1.82, 2.24) is 4.90 Å². The number of amides is 3. The maximum atomic E-state index is 12.5. The molecule has 3 amide bonds. The Hall–Kier alpha value is -3.06. The molecule has 1 fully saturated rings. The molecule has 138 valence electrons. The maximum Gasteiger partial charge on any atom is 0.294 e. The van der Waals surface area contributed by atoms with Crippen molar-refractivity contribution >= 4 is 40.6 Å². The molecule has 27 heavy (non-hydrogen) atoms. The summed E-state index contributed by atoms with van der Waals surface area (Å²) in [6.07, 6.45) is 1.52. The van der Waals surface area contributed by atoms with E-state index in [4.69, 9.17) is 0 Å². The zero-order chi connectivity index (χ0) is 19.6. The first-order chi connectivity index (χ1) is 12.8. The van der Waals surface area contributed by atoms with E-state index < -0.39 is 17.1 Å². The zero-order valence-electron chi connectivity index (χ0n) is 14.9. The molecular weight excluding hydrogens is 364 g/mol. The molecule has 1 saturated heterocycles. The van der Waals surface area contributed by atoms with Crippen molar-refractivity contribution in [2.75, 3.05) is 11.9 Å². The Morgan fingerprint density at radius 2 is 1.85 bits per heavy atom. The second-order valence-electron chi connectivity index (χ2n) is 6.29. The van der Waals surface area contributed by atoms with Crippen molar-refractivity contribution in [2.24, 2.45) is 0 Å². The molecule has 0 unspecified atom stereocenters. The molecule has 7 heteroatoms. The molecular formula is C20H18N2O4S. The average molecular weight is 382 g/mol. The number of carbonyl (C=O) groups is 3. The number of nitrogens with zero attached hydrogens (tertiary/aromatic N) is 1. The number of benzene rings is 2. The number of phenolic OH excluding ortho intramolecular Hbond substituents is 1. The third-order valence-electron chi connectivity index (χ3n) is 3.85. The third-order valence-corrected chi connectivity index (χ3v) is 4.76. The van der Waals surface area contributed by atoms with Crippen LogP contribution in [0.4, 0.5) is 10.5 Å². The lowest BCUT2D eigenvalue weighted by Gasteiger charge is -2.13. The van der Waals surface area contributed by atoms with Crippen LogP contribution >= 0.6 is 11.8 Å². The fourth-order valence-corrected chi connectivity index (χ4v) is 3.63. The van der Waals surface area contributed by atoms with Crippen LogP contribution in [0.5, 0.6) is 5.75 Å². The normalized spacial score (nSPS) is 15.5. The van der Waals surface area contributed by atoms with Gasteiger partial charge in [-0.1, -0.05) is 18.2 Å². The second-order valence-corrected chi connectivity index (χ2v) is 7.28. The van der Waals surface area contributed by atoms with E-state index in [1.54, 1.807) is 12.1 Å². The smallest absolute Gasteiger partial charge is 0.294 e. The van der Waals surface area contributed by atoms with Gasteiger partial charge >= 0.3 is 0 Å². The molecule has 2 aromatic rings. The van der Waals surface area contributed by atoms with Crippen LogP contribution in [0.25, 0.3) is 6.08 Å². The number of carbonyl (C=O) groups excluding carboxylic acids is 3. The molecule has 0 aromatic heterocycles. The first-order valence-corrected chi connectivity index (χ1v) is 9.06. The molecule has 0 atom stereocenters. The van der Waals surface area contributed by atoms with Crippen molar-refractivity contribution in [3.63, 3.8) is 0 Å². The summed E-state index contributed by atoms with van der Waals surface area (Å²) in [5.74, 6) is -0.902. The third kappa shape index (κ3) is 4.57. The van der Waals surface area contributed by atoms with E-state index in [-0.39, 0.29) is 17.2 Å². The fourth-order valence-electron chi connectivity index (χ4n) is 2.79. The van der Waals surface area contributed by atoms with Crippen LogP contribution in [0.1, 0.15) is 16.7 Å². The van der Waals surface area contributed by atoms with Gasteiger partial charge in [-0.3, -0.25) is 19.3 Å². The van der Waals surface area contributed by atoms with E-state index >= 15 is 0 Å². The molecule has 1 heterocycles. The lowest BCUT2D eigenvalue weighted by Crippen LogP contribution is -2.36. The van der Waals surface area contributed by atoms with Crippen LogP contribution in [-0.4, -0.2) is 33.6 Å². The van der Waals surface area contributed by atoms with Crippen LogP contribution < -0.4 is 5.32 Å². The van der Waals surface area contributed by atoms with Crippen molar-refractivity contribution in [3.8, 4) is 5.75 Å². The van der Waals surface area contributed by atoms with Gasteiger partial charge in [0.05, 0.1) is 4.91 Å². The first kappa shape index (κ1) is 18.7. The van der Waals surface area contributed by atoms with Gasteiger partial charge in [-0.15, -0.1) is 0 Å². The number of nitrogens with one attached hydrogen (secondary N) is 1. The Morgan fingerprint density at radius 1 is 1.15 bits per heavy atom. The largest absolute Gasteiger partial charge is 0.508 e. The number of hydrogen-bond donors (Lipinski definition) is 2. The van der Waals surface area contributed by atoms with Gasteiger partial charge in [0, 0.05) is 5.69 Å². The fraction of sp³-hybridized carbons (Fsp3) is 0.150. The minimum absolute atomic E-state index is 0.0656. The molecule has 2 aromatic carbocycles. The van der Waals surface area contributed by atoms with Crippen molar-refractivity contribution in [1.29, 1.82) is 0 Å². The molecule has 0 aliphatic carbocycles. The lowest BCUT2D eigenvalue weighted by atomic mass is 10.1. The first-order valence-electron chi connectivity index (χ1n) is 8.24. The highest BCUT2D eigenvalue weighted by Gasteiger charge is 2.36. The number of rotatable bonds is 4. The molecule has 2 N–H and O–H groups in total. The van der Waals surface area contributed by atoms with Gasteiger partial charge in [-0.25, -0.2) is 0 Å². The number of thioether (sulfide) groups is 1. The second kappa shape index (κ2) is 7.67. The van der Waals surface area contributed by atoms with E-state index in [0.29, 0.717) is 11.3 Å². The predicted molar refractivity (Wildman–Crippen MR) is 105 cm³/mol. The molecule has 3 rings (SSSR count). The summed E-state index contributed by atoms with van der Waals surface area (Å²) in [6, 6.07) is 12.0. The van der Waals surface area contributed by atoms with Gasteiger partial charge in [-0.05, 0) is 72.6 Å². The lowest BCUT2D eigenvalue weighted by molar-refractivity contribution is -0.127. The predicted octanol–water partition coefficient (Wildman–Crippen LogP) is 3.68. The van der Waals surface area contributed by atoms with Crippen molar-refractivity contribution in [2.45, 2.75) is 13.8 Å². The van der Waals surface area contributed by atoms with Gasteiger partial charge in [0.1, 0.15) is 12.3 Å². The molecule has 0 spiro atoms. The highest BCUT2D eigenvalue weighted by atomic mass is 32.2. The quantitative estimate of drug-likeness (QED) is 0.788. The summed E-state index contributed by atoms with van der Waals surface area (Å²) in [4.78, 5) is 38.0. The highest BCUT2D eigenvalue weighted by molar-refractivity contribution is 8.18. The van der Waals surface area contributed by atoms with E-state index in [1.165, 1.54) is 18.2 Å². The summed E-state index contributed by atoms with van der Waals surface area (Å²) in [6.45, 7) is 3.49. The van der Waals surface area contributed by atoms with Gasteiger partial charge in [0.15, 0.2) is 0 Å². The van der Waals surface area contributed by atoms with E-state index in [9.17, 15) is 19.5 Å². The minimum Gasteiger partial charge on any atom is -0.508 e. The summed E-state index contributed by atoms with van der Waals surface area (Å²) < 4.78 is 0. The Labute approximate surface area is 160 Å². The van der Waals surface area contributed by atoms with Crippen LogP contribution in [0.15, 0.2) is 47.4 Å². The van der Waals surface area contributed by atoms with Crippen molar-refractivity contribution < 1.29 is 19.5 Å². The highest BCUT2D eigenvalue weighted by Crippen LogP contribution is 2.32. The Bertz CT molecular complexity index is 948. The SMILES string of the molecule is Cc1cc(C)cc(NC(=O)CN2C(=O)S/C(=C/c3cccc(O)c3)C2=O)c1. The summed E-state index contributed by atoms with van der Waals surface area (Å²) in [7, 11) is 0. The Morgan fingerprint density at radius 3 is 2.52 bits per heavy atom. The van der Waals surface area contributed by atoms with Crippen LogP contribution in [0.3, 0.4) is 0 Å². The molecule has 0 bridgehead atoms. The molecule has 0 saturated carbocycles. The summed E-state index contributed by atoms with van der Waals surface area (Å²) in [5.41, 5.74) is 3.23. The van der Waals surface area contributed by atoms with Gasteiger partial charge in [0.2, 0.25) is 5.91 Å². The van der Waals surface area contributed by atoms with Crippen LogP contribution in [0, 0.1) is 13.8 Å². The van der Waals surface area contributed by atoms with Gasteiger partial charge < -0.3 is 10.4 Å². The number of imide groups is 1. The summed E-state index contributed by atoms with van der Waals surface area (Å²) in [5, 5.41) is 11.7. The molecule has 0 radical (unpaired) electrons. The van der Waals surface area contributed by atoms with E-state index in [2.05, 4.69) is 5.32 Å². The number of anilines is 1. The minimum atomic E-state index is -0.524. The Kier molecular flexibility index (Phi) is 5.32. The number of hydrogen-bond acceptors (Lipinski definition) is 5. The van der Waals surface area contributed by atoms with Crippen LogP contribution in [0.2, 0.25) is 0 Å².